The molecular weight excluding hydrogens is 316 g/mol. The molecule has 1 heterocycles. The lowest BCUT2D eigenvalue weighted by Gasteiger charge is -2.29. The van der Waals surface area contributed by atoms with Gasteiger partial charge in [-0.05, 0) is 37.0 Å². The van der Waals surface area contributed by atoms with Crippen LogP contribution in [0.5, 0.6) is 5.75 Å². The number of rotatable bonds is 8. The number of ether oxygens (including phenoxy) is 1. The zero-order chi connectivity index (χ0) is 16.5. The number of alkyl halides is 1. The molecule has 0 bridgehead atoms. The predicted octanol–water partition coefficient (Wildman–Crippen LogP) is 1.77. The minimum absolute atomic E-state index is 0.00354. The summed E-state index contributed by atoms with van der Waals surface area (Å²) in [6.07, 6.45) is 2.31. The van der Waals surface area contributed by atoms with E-state index in [0.717, 1.165) is 44.6 Å². The fraction of sp³-hybridized carbons (Fsp3) is 0.588. The molecule has 0 atom stereocenters. The van der Waals surface area contributed by atoms with Crippen LogP contribution in [0.1, 0.15) is 24.8 Å². The summed E-state index contributed by atoms with van der Waals surface area (Å²) < 4.78 is 5.73. The normalized spacial score (nSPS) is 16.3. The van der Waals surface area contributed by atoms with Gasteiger partial charge in [0.2, 0.25) is 5.91 Å². The Bertz CT molecular complexity index is 490. The van der Waals surface area contributed by atoms with Crippen LogP contribution < -0.4 is 10.1 Å². The largest absolute Gasteiger partial charge is 0.494 e. The Morgan fingerprint density at radius 3 is 2.91 bits per heavy atom. The molecule has 128 valence electrons. The van der Waals surface area contributed by atoms with Crippen LogP contribution in [-0.4, -0.2) is 54.1 Å². The highest BCUT2D eigenvalue weighted by molar-refractivity contribution is 6.27. The number of amides is 1. The first-order valence-corrected chi connectivity index (χ1v) is 8.65. The number of piperidine rings is 1. The number of nitrogens with one attached hydrogen (secondary N) is 1. The van der Waals surface area contributed by atoms with Gasteiger partial charge >= 0.3 is 0 Å². The van der Waals surface area contributed by atoms with Gasteiger partial charge in [-0.3, -0.25) is 9.69 Å². The van der Waals surface area contributed by atoms with Gasteiger partial charge in [0.25, 0.3) is 0 Å². The summed E-state index contributed by atoms with van der Waals surface area (Å²) in [5.74, 6) is 0.694. The lowest BCUT2D eigenvalue weighted by Crippen LogP contribution is -2.35. The van der Waals surface area contributed by atoms with E-state index in [1.54, 1.807) is 0 Å². The van der Waals surface area contributed by atoms with E-state index in [2.05, 4.69) is 22.3 Å². The van der Waals surface area contributed by atoms with Crippen molar-refractivity contribution in [2.24, 2.45) is 0 Å². The number of hydrogen-bond acceptors (Lipinski definition) is 4. The predicted molar refractivity (Wildman–Crippen MR) is 90.8 cm³/mol. The van der Waals surface area contributed by atoms with Crippen LogP contribution in [0.15, 0.2) is 24.3 Å². The van der Waals surface area contributed by atoms with Gasteiger partial charge in [-0.25, -0.2) is 0 Å². The summed E-state index contributed by atoms with van der Waals surface area (Å²) in [7, 11) is 0. The van der Waals surface area contributed by atoms with Gasteiger partial charge < -0.3 is 15.2 Å². The summed E-state index contributed by atoms with van der Waals surface area (Å²) in [5, 5.41) is 12.3. The van der Waals surface area contributed by atoms with Crippen LogP contribution in [0.2, 0.25) is 0 Å². The Morgan fingerprint density at radius 2 is 2.17 bits per heavy atom. The maximum absolute atomic E-state index is 11.0. The van der Waals surface area contributed by atoms with Crippen LogP contribution in [0, 0.1) is 0 Å². The number of benzene rings is 1. The summed E-state index contributed by atoms with van der Waals surface area (Å²) in [5.41, 5.74) is 1.22. The lowest BCUT2D eigenvalue weighted by atomic mass is 10.1. The number of carbonyl (C=O) groups excluding carboxylic acids is 1. The highest BCUT2D eigenvalue weighted by Gasteiger charge is 2.16. The number of nitrogens with zero attached hydrogens (tertiary/aromatic N) is 1. The van der Waals surface area contributed by atoms with Gasteiger partial charge in [-0.1, -0.05) is 12.1 Å². The molecule has 6 heteroatoms. The van der Waals surface area contributed by atoms with E-state index in [4.69, 9.17) is 16.3 Å². The van der Waals surface area contributed by atoms with E-state index in [1.807, 2.05) is 12.1 Å². The van der Waals surface area contributed by atoms with Crippen molar-refractivity contribution < 1.29 is 14.6 Å². The molecule has 1 amide bonds. The first-order valence-electron chi connectivity index (χ1n) is 8.12. The first-order chi connectivity index (χ1) is 11.2. The number of carbonyl (C=O) groups is 1. The highest BCUT2D eigenvalue weighted by Crippen LogP contribution is 2.18. The molecule has 1 aliphatic rings. The van der Waals surface area contributed by atoms with Crippen molar-refractivity contribution in [1.29, 1.82) is 0 Å². The third-order valence-electron chi connectivity index (χ3n) is 3.90. The minimum Gasteiger partial charge on any atom is -0.494 e. The van der Waals surface area contributed by atoms with Gasteiger partial charge in [0, 0.05) is 26.2 Å². The summed E-state index contributed by atoms with van der Waals surface area (Å²) in [6, 6.07) is 8.10. The van der Waals surface area contributed by atoms with Crippen LogP contribution in [0.3, 0.4) is 0 Å². The molecule has 0 unspecified atom stereocenters. The van der Waals surface area contributed by atoms with Crippen molar-refractivity contribution in [3.63, 3.8) is 0 Å². The lowest BCUT2D eigenvalue weighted by molar-refractivity contribution is -0.118. The van der Waals surface area contributed by atoms with Crippen molar-refractivity contribution in [3.8, 4) is 5.75 Å². The number of aliphatic hydroxyl groups excluding tert-OH is 1. The van der Waals surface area contributed by atoms with E-state index in [1.165, 1.54) is 5.56 Å². The Hall–Kier alpha value is -1.30. The Kier molecular flexibility index (Phi) is 7.65. The standard InChI is InChI=1S/C17H25ClN2O3/c18-12-17(22)19-7-2-10-23-16-4-1-3-14(11-16)13-20-8-5-15(21)6-9-20/h1,3-4,11,15,21H,2,5-10,12-13H2,(H,19,22). The van der Waals surface area contributed by atoms with Gasteiger partial charge in [0.1, 0.15) is 11.6 Å². The third kappa shape index (κ3) is 6.77. The van der Waals surface area contributed by atoms with Crippen molar-refractivity contribution in [3.05, 3.63) is 29.8 Å². The maximum atomic E-state index is 11.0. The Labute approximate surface area is 142 Å². The molecule has 0 aromatic heterocycles. The smallest absolute Gasteiger partial charge is 0.234 e. The van der Waals surface area contributed by atoms with Crippen molar-refractivity contribution in [1.82, 2.24) is 10.2 Å². The average Bonchev–Trinajstić information content (AvgIpc) is 2.57. The molecule has 2 N–H and O–H groups in total. The van der Waals surface area contributed by atoms with E-state index < -0.39 is 0 Å². The summed E-state index contributed by atoms with van der Waals surface area (Å²) >= 11 is 5.40. The molecule has 23 heavy (non-hydrogen) atoms. The van der Waals surface area contributed by atoms with Crippen LogP contribution in [0.4, 0.5) is 0 Å². The molecular formula is C17H25ClN2O3. The molecule has 0 saturated carbocycles. The minimum atomic E-state index is -0.152. The topological polar surface area (TPSA) is 61.8 Å². The van der Waals surface area contributed by atoms with Crippen molar-refractivity contribution in [2.45, 2.75) is 31.9 Å². The molecule has 2 rings (SSSR count). The van der Waals surface area contributed by atoms with Gasteiger partial charge in [-0.15, -0.1) is 11.6 Å². The second kappa shape index (κ2) is 9.75. The van der Waals surface area contributed by atoms with E-state index in [9.17, 15) is 9.90 Å². The van der Waals surface area contributed by atoms with Gasteiger partial charge in [-0.2, -0.15) is 0 Å². The van der Waals surface area contributed by atoms with E-state index in [-0.39, 0.29) is 17.9 Å². The Balaban J connectivity index is 1.71. The fourth-order valence-electron chi connectivity index (χ4n) is 2.61. The molecule has 1 saturated heterocycles. The Morgan fingerprint density at radius 1 is 1.39 bits per heavy atom. The number of hydrogen-bond donors (Lipinski definition) is 2. The number of halogens is 1. The highest BCUT2D eigenvalue weighted by atomic mass is 35.5. The monoisotopic (exact) mass is 340 g/mol. The SMILES string of the molecule is O=C(CCl)NCCCOc1cccc(CN2CCC(O)CC2)c1. The van der Waals surface area contributed by atoms with Crippen molar-refractivity contribution in [2.75, 3.05) is 32.1 Å². The quantitative estimate of drug-likeness (QED) is 0.559. The molecule has 0 radical (unpaired) electrons. The maximum Gasteiger partial charge on any atom is 0.234 e. The van der Waals surface area contributed by atoms with Crippen molar-refractivity contribution >= 4 is 17.5 Å². The fourth-order valence-corrected chi connectivity index (χ4v) is 2.70. The van der Waals surface area contributed by atoms with Gasteiger partial charge in [0.15, 0.2) is 0 Å². The van der Waals surface area contributed by atoms with E-state index >= 15 is 0 Å². The molecule has 0 aliphatic carbocycles. The number of aliphatic hydroxyl groups is 1. The van der Waals surface area contributed by atoms with Crippen LogP contribution >= 0.6 is 11.6 Å². The molecule has 1 aromatic rings. The molecule has 1 aromatic carbocycles. The second-order valence-electron chi connectivity index (χ2n) is 5.84. The zero-order valence-corrected chi connectivity index (χ0v) is 14.1. The third-order valence-corrected chi connectivity index (χ3v) is 4.14. The molecule has 0 spiro atoms. The average molecular weight is 341 g/mol. The molecule has 1 aliphatic heterocycles. The molecule has 1 fully saturated rings. The van der Waals surface area contributed by atoms with Gasteiger partial charge in [0.05, 0.1) is 12.7 Å². The zero-order valence-electron chi connectivity index (χ0n) is 13.3. The van der Waals surface area contributed by atoms with Crippen LogP contribution in [-0.2, 0) is 11.3 Å². The number of likely N-dealkylation sites (tertiary alicyclic amines) is 1. The van der Waals surface area contributed by atoms with E-state index in [0.29, 0.717) is 13.2 Å². The summed E-state index contributed by atoms with van der Waals surface area (Å²) in [4.78, 5) is 13.3. The first kappa shape index (κ1) is 18.0. The molecule has 5 nitrogen and oxygen atoms in total. The summed E-state index contributed by atoms with van der Waals surface area (Å²) in [6.45, 7) is 3.89. The van der Waals surface area contributed by atoms with Crippen LogP contribution in [0.25, 0.3) is 0 Å². The second-order valence-corrected chi connectivity index (χ2v) is 6.11.